The van der Waals surface area contributed by atoms with Crippen molar-refractivity contribution in [1.29, 1.82) is 0 Å². The summed E-state index contributed by atoms with van der Waals surface area (Å²) in [5.41, 5.74) is 1.94. The molecule has 2 rings (SSSR count). The normalized spacial score (nSPS) is 12.3. The molecule has 3 nitrogen and oxygen atoms in total. The number of ketones is 1. The van der Waals surface area contributed by atoms with Gasteiger partial charge in [0.1, 0.15) is 0 Å². The summed E-state index contributed by atoms with van der Waals surface area (Å²) in [6.07, 6.45) is 2.70. The Hall–Kier alpha value is -1.87. The van der Waals surface area contributed by atoms with E-state index in [-0.39, 0.29) is 11.8 Å². The predicted molar refractivity (Wildman–Crippen MR) is 72.7 cm³/mol. The van der Waals surface area contributed by atoms with Crippen LogP contribution in [0.25, 0.3) is 0 Å². The molecule has 0 aliphatic carbocycles. The maximum atomic E-state index is 12.0. The van der Waals surface area contributed by atoms with Gasteiger partial charge in [0.15, 0.2) is 5.78 Å². The summed E-state index contributed by atoms with van der Waals surface area (Å²) in [4.78, 5) is 14.9. The van der Waals surface area contributed by atoms with Gasteiger partial charge in [-0.3, -0.25) is 4.79 Å². The van der Waals surface area contributed by atoms with Gasteiger partial charge in [-0.1, -0.05) is 30.3 Å². The van der Waals surface area contributed by atoms with Crippen molar-refractivity contribution in [2.24, 2.45) is 0 Å². The highest BCUT2D eigenvalue weighted by Crippen LogP contribution is 2.02. The van der Waals surface area contributed by atoms with E-state index in [1.807, 2.05) is 31.2 Å². The average molecular weight is 242 g/mol. The minimum absolute atomic E-state index is 0.105. The highest BCUT2D eigenvalue weighted by atomic mass is 16.1. The van der Waals surface area contributed by atoms with Crippen LogP contribution in [0.4, 0.5) is 0 Å². The average Bonchev–Trinajstić information content (AvgIpc) is 2.93. The number of H-pyrrole nitrogens is 1. The molecule has 1 aromatic heterocycles. The molecule has 0 saturated carbocycles. The van der Waals surface area contributed by atoms with Gasteiger partial charge in [-0.15, -0.1) is 0 Å². The molecule has 2 N–H and O–H groups in total. The lowest BCUT2D eigenvalue weighted by atomic mass is 10.1. The molecule has 0 spiro atoms. The summed E-state index contributed by atoms with van der Waals surface area (Å²) in [5.74, 6) is 0.105. The van der Waals surface area contributed by atoms with Gasteiger partial charge < -0.3 is 10.3 Å². The Morgan fingerprint density at radius 3 is 2.67 bits per heavy atom. The Bertz CT molecular complexity index is 476. The molecule has 0 bridgehead atoms. The van der Waals surface area contributed by atoms with Crippen LogP contribution in [0.5, 0.6) is 0 Å². The summed E-state index contributed by atoms with van der Waals surface area (Å²) in [7, 11) is 0. The van der Waals surface area contributed by atoms with Gasteiger partial charge in [-0.05, 0) is 37.6 Å². The molecule has 2 aromatic rings. The van der Waals surface area contributed by atoms with E-state index < -0.39 is 0 Å². The summed E-state index contributed by atoms with van der Waals surface area (Å²) in [6.45, 7) is 2.70. The Morgan fingerprint density at radius 1 is 1.22 bits per heavy atom. The zero-order valence-corrected chi connectivity index (χ0v) is 10.5. The quantitative estimate of drug-likeness (QED) is 0.764. The second kappa shape index (κ2) is 6.17. The largest absolute Gasteiger partial charge is 0.359 e. The fourth-order valence-electron chi connectivity index (χ4n) is 1.89. The first-order valence-electron chi connectivity index (χ1n) is 6.22. The van der Waals surface area contributed by atoms with Crippen LogP contribution in [0.3, 0.4) is 0 Å². The lowest BCUT2D eigenvalue weighted by Gasteiger charge is -2.11. The highest BCUT2D eigenvalue weighted by molar-refractivity contribution is 5.98. The van der Waals surface area contributed by atoms with Crippen molar-refractivity contribution in [3.63, 3.8) is 0 Å². The Labute approximate surface area is 107 Å². The Morgan fingerprint density at radius 2 is 2.00 bits per heavy atom. The number of carbonyl (C=O) groups is 1. The summed E-state index contributed by atoms with van der Waals surface area (Å²) < 4.78 is 0. The number of Topliss-reactive ketones (excluding diaryl/α,β-unsaturated/α-hetero) is 1. The number of aromatic amines is 1. The SMILES string of the molecule is CC(NCCc1ccccc1)C(=O)c1ccc[nH]1. The van der Waals surface area contributed by atoms with Crippen LogP contribution in [0.15, 0.2) is 48.7 Å². The highest BCUT2D eigenvalue weighted by Gasteiger charge is 2.14. The second-order valence-electron chi connectivity index (χ2n) is 4.36. The minimum atomic E-state index is -0.160. The maximum absolute atomic E-state index is 12.0. The maximum Gasteiger partial charge on any atom is 0.195 e. The third-order valence-corrected chi connectivity index (χ3v) is 2.96. The number of hydrogen-bond donors (Lipinski definition) is 2. The van der Waals surface area contributed by atoms with E-state index in [1.54, 1.807) is 12.3 Å². The standard InChI is InChI=1S/C15H18N2O/c1-12(15(18)14-8-5-10-17-14)16-11-9-13-6-3-2-4-7-13/h2-8,10,12,16-17H,9,11H2,1H3. The van der Waals surface area contributed by atoms with E-state index in [2.05, 4.69) is 22.4 Å². The Balaban J connectivity index is 1.79. The number of nitrogens with one attached hydrogen (secondary N) is 2. The molecule has 0 aliphatic rings. The van der Waals surface area contributed by atoms with Crippen LogP contribution in [0, 0.1) is 0 Å². The van der Waals surface area contributed by atoms with Gasteiger partial charge >= 0.3 is 0 Å². The summed E-state index contributed by atoms with van der Waals surface area (Å²) >= 11 is 0. The predicted octanol–water partition coefficient (Wildman–Crippen LogP) is 2.42. The van der Waals surface area contributed by atoms with Crippen molar-refractivity contribution in [2.45, 2.75) is 19.4 Å². The van der Waals surface area contributed by atoms with Crippen LogP contribution >= 0.6 is 0 Å². The molecule has 94 valence electrons. The number of rotatable bonds is 6. The molecule has 1 atom stereocenters. The fourth-order valence-corrected chi connectivity index (χ4v) is 1.89. The summed E-state index contributed by atoms with van der Waals surface area (Å²) in [6, 6.07) is 13.7. The van der Waals surface area contributed by atoms with Crippen molar-refractivity contribution in [3.05, 3.63) is 59.9 Å². The van der Waals surface area contributed by atoms with E-state index >= 15 is 0 Å². The van der Waals surface area contributed by atoms with Gasteiger partial charge in [0.25, 0.3) is 0 Å². The number of benzene rings is 1. The van der Waals surface area contributed by atoms with Crippen LogP contribution < -0.4 is 5.32 Å². The van der Waals surface area contributed by atoms with Crippen molar-refractivity contribution in [3.8, 4) is 0 Å². The Kier molecular flexibility index (Phi) is 4.31. The van der Waals surface area contributed by atoms with Gasteiger partial charge in [0.05, 0.1) is 11.7 Å². The van der Waals surface area contributed by atoms with E-state index in [1.165, 1.54) is 5.56 Å². The van der Waals surface area contributed by atoms with Crippen molar-refractivity contribution >= 4 is 5.78 Å². The second-order valence-corrected chi connectivity index (χ2v) is 4.36. The van der Waals surface area contributed by atoms with Crippen LogP contribution in [-0.2, 0) is 6.42 Å². The molecule has 0 saturated heterocycles. The topological polar surface area (TPSA) is 44.9 Å². The lowest BCUT2D eigenvalue weighted by Crippen LogP contribution is -2.35. The van der Waals surface area contributed by atoms with E-state index in [0.29, 0.717) is 5.69 Å². The summed E-state index contributed by atoms with van der Waals surface area (Å²) in [5, 5.41) is 3.25. The minimum Gasteiger partial charge on any atom is -0.359 e. The van der Waals surface area contributed by atoms with Crippen LogP contribution in [0.2, 0.25) is 0 Å². The molecule has 3 heteroatoms. The molecule has 1 unspecified atom stereocenters. The van der Waals surface area contributed by atoms with Gasteiger partial charge in [0.2, 0.25) is 0 Å². The van der Waals surface area contributed by atoms with Crippen LogP contribution in [0.1, 0.15) is 23.0 Å². The number of hydrogen-bond acceptors (Lipinski definition) is 2. The molecule has 1 heterocycles. The zero-order chi connectivity index (χ0) is 12.8. The van der Waals surface area contributed by atoms with Gasteiger partial charge in [0, 0.05) is 6.20 Å². The molecular formula is C15H18N2O. The first-order chi connectivity index (χ1) is 8.77. The molecule has 0 fully saturated rings. The van der Waals surface area contributed by atoms with Crippen LogP contribution in [-0.4, -0.2) is 23.4 Å². The zero-order valence-electron chi connectivity index (χ0n) is 10.5. The first-order valence-corrected chi connectivity index (χ1v) is 6.22. The van der Waals surface area contributed by atoms with Crippen molar-refractivity contribution < 1.29 is 4.79 Å². The smallest absolute Gasteiger partial charge is 0.195 e. The van der Waals surface area contributed by atoms with E-state index in [0.717, 1.165) is 13.0 Å². The molecule has 0 aliphatic heterocycles. The molecule has 1 aromatic carbocycles. The lowest BCUT2D eigenvalue weighted by molar-refractivity contribution is 0.0947. The monoisotopic (exact) mass is 242 g/mol. The van der Waals surface area contributed by atoms with E-state index in [4.69, 9.17) is 0 Å². The number of carbonyl (C=O) groups excluding carboxylic acids is 1. The third kappa shape index (κ3) is 3.31. The van der Waals surface area contributed by atoms with Crippen molar-refractivity contribution in [1.82, 2.24) is 10.3 Å². The molecule has 18 heavy (non-hydrogen) atoms. The van der Waals surface area contributed by atoms with E-state index in [9.17, 15) is 4.79 Å². The molecular weight excluding hydrogens is 224 g/mol. The third-order valence-electron chi connectivity index (χ3n) is 2.96. The molecule has 0 amide bonds. The van der Waals surface area contributed by atoms with Gasteiger partial charge in [-0.25, -0.2) is 0 Å². The van der Waals surface area contributed by atoms with Crippen molar-refractivity contribution in [2.75, 3.05) is 6.54 Å². The molecule has 0 radical (unpaired) electrons. The first kappa shape index (κ1) is 12.6. The number of aromatic nitrogens is 1. The van der Waals surface area contributed by atoms with Gasteiger partial charge in [-0.2, -0.15) is 0 Å². The fraction of sp³-hybridized carbons (Fsp3) is 0.267.